The van der Waals surface area contributed by atoms with Gasteiger partial charge in [0.05, 0.1) is 22.7 Å². The van der Waals surface area contributed by atoms with E-state index in [1.165, 1.54) is 92.7 Å². The van der Waals surface area contributed by atoms with Gasteiger partial charge in [-0.25, -0.2) is 0 Å². The molecule has 0 saturated heterocycles. The molecule has 11 rings (SSSR count). The Morgan fingerprint density at radius 1 is 0.271 bits per heavy atom. The molecule has 0 unspecified atom stereocenters. The molecule has 0 aliphatic heterocycles. The van der Waals surface area contributed by atoms with Crippen LogP contribution in [0.4, 0.5) is 34.1 Å². The standard InChI is InChI=1S/C57H42N2/c1-37-30-31-50-51(32-37)57(59(43-22-8-5-9-23-43)55-36-41-19-11-13-25-45(41)47-27-15-17-29-49(47)55)53-34-39(3)38(2)33-52(53)56(50)58(42-20-6-4-7-21-42)54-35-40-18-10-12-24-44(40)46-26-14-16-28-48(46)54/h4-36H,1-3H3. The Bertz CT molecular complexity index is 3420. The second-order valence-corrected chi connectivity index (χ2v) is 15.9. The number of hydrogen-bond donors (Lipinski definition) is 0. The minimum atomic E-state index is 1.11. The second kappa shape index (κ2) is 13.9. The number of rotatable bonds is 6. The summed E-state index contributed by atoms with van der Waals surface area (Å²) < 4.78 is 0. The van der Waals surface area contributed by atoms with Crippen LogP contribution in [0.1, 0.15) is 16.7 Å². The number of para-hydroxylation sites is 2. The van der Waals surface area contributed by atoms with Gasteiger partial charge in [-0.2, -0.15) is 0 Å². The fourth-order valence-electron chi connectivity index (χ4n) is 9.41. The fraction of sp³-hybridized carbons (Fsp3) is 0.0526. The molecule has 0 aliphatic rings. The molecule has 0 bridgehead atoms. The summed E-state index contributed by atoms with van der Waals surface area (Å²) in [4.78, 5) is 5.07. The molecule has 0 aliphatic carbocycles. The highest BCUT2D eigenvalue weighted by atomic mass is 15.2. The maximum Gasteiger partial charge on any atom is 0.0620 e. The summed E-state index contributed by atoms with van der Waals surface area (Å²) in [6.07, 6.45) is 0. The Labute approximate surface area is 344 Å². The fourth-order valence-corrected chi connectivity index (χ4v) is 9.41. The van der Waals surface area contributed by atoms with Crippen LogP contribution in [0.5, 0.6) is 0 Å². The number of benzene rings is 11. The highest BCUT2D eigenvalue weighted by Gasteiger charge is 2.28. The average Bonchev–Trinajstić information content (AvgIpc) is 3.28. The smallest absolute Gasteiger partial charge is 0.0620 e. The van der Waals surface area contributed by atoms with Crippen LogP contribution in [0, 0.1) is 20.8 Å². The highest BCUT2D eigenvalue weighted by molar-refractivity contribution is 6.26. The van der Waals surface area contributed by atoms with Gasteiger partial charge in [-0.05, 0) is 119 Å². The maximum atomic E-state index is 2.54. The van der Waals surface area contributed by atoms with Crippen molar-refractivity contribution in [3.63, 3.8) is 0 Å². The minimum absolute atomic E-state index is 1.11. The molecular weight excluding hydrogens is 713 g/mol. The Morgan fingerprint density at radius 3 is 1.12 bits per heavy atom. The summed E-state index contributed by atoms with van der Waals surface area (Å²) in [5.41, 5.74) is 10.6. The summed E-state index contributed by atoms with van der Waals surface area (Å²) in [7, 11) is 0. The Morgan fingerprint density at radius 2 is 0.644 bits per heavy atom. The molecule has 0 fully saturated rings. The summed E-state index contributed by atoms with van der Waals surface area (Å²) in [5.74, 6) is 0. The minimum Gasteiger partial charge on any atom is -0.309 e. The number of nitrogens with zero attached hydrogens (tertiary/aromatic N) is 2. The highest BCUT2D eigenvalue weighted by Crippen LogP contribution is 2.54. The number of anilines is 6. The molecule has 2 heteroatoms. The van der Waals surface area contributed by atoms with Gasteiger partial charge in [-0.1, -0.05) is 151 Å². The van der Waals surface area contributed by atoms with Crippen LogP contribution in [-0.4, -0.2) is 0 Å². The number of aryl methyl sites for hydroxylation is 3. The van der Waals surface area contributed by atoms with Crippen LogP contribution in [0.2, 0.25) is 0 Å². The first kappa shape index (κ1) is 34.8. The van der Waals surface area contributed by atoms with Crippen molar-refractivity contribution in [3.8, 4) is 0 Å². The van der Waals surface area contributed by atoms with Gasteiger partial charge in [0.15, 0.2) is 0 Å². The van der Waals surface area contributed by atoms with E-state index in [1.807, 2.05) is 0 Å². The van der Waals surface area contributed by atoms with Crippen LogP contribution in [-0.2, 0) is 0 Å². The molecule has 0 radical (unpaired) electrons. The predicted octanol–water partition coefficient (Wildman–Crippen LogP) is 16.5. The second-order valence-electron chi connectivity index (χ2n) is 15.9. The quantitative estimate of drug-likeness (QED) is 0.0947. The lowest BCUT2D eigenvalue weighted by Crippen LogP contribution is -2.15. The van der Waals surface area contributed by atoms with E-state index in [4.69, 9.17) is 0 Å². The predicted molar refractivity (Wildman–Crippen MR) is 255 cm³/mol. The molecule has 0 N–H and O–H groups in total. The molecule has 11 aromatic rings. The monoisotopic (exact) mass is 754 g/mol. The molecular formula is C57H42N2. The molecule has 280 valence electrons. The number of fused-ring (bicyclic) bond motifs is 8. The van der Waals surface area contributed by atoms with Crippen molar-refractivity contribution in [2.24, 2.45) is 0 Å². The first-order chi connectivity index (χ1) is 29.0. The van der Waals surface area contributed by atoms with E-state index in [-0.39, 0.29) is 0 Å². The van der Waals surface area contributed by atoms with Crippen molar-refractivity contribution in [1.29, 1.82) is 0 Å². The van der Waals surface area contributed by atoms with Crippen LogP contribution < -0.4 is 9.80 Å². The lowest BCUT2D eigenvalue weighted by atomic mass is 9.91. The van der Waals surface area contributed by atoms with Crippen molar-refractivity contribution in [1.82, 2.24) is 0 Å². The summed E-state index contributed by atoms with van der Waals surface area (Å²) in [6, 6.07) is 73.9. The van der Waals surface area contributed by atoms with Gasteiger partial charge in [-0.15, -0.1) is 0 Å². The summed E-state index contributed by atoms with van der Waals surface area (Å²) in [6.45, 7) is 6.72. The average molecular weight is 755 g/mol. The van der Waals surface area contributed by atoms with Crippen LogP contribution in [0.15, 0.2) is 200 Å². The van der Waals surface area contributed by atoms with Gasteiger partial charge in [0.1, 0.15) is 0 Å². The molecule has 0 saturated carbocycles. The number of hydrogen-bond acceptors (Lipinski definition) is 2. The van der Waals surface area contributed by atoms with E-state index < -0.39 is 0 Å². The molecule has 11 aromatic carbocycles. The Hall–Kier alpha value is -7.42. The van der Waals surface area contributed by atoms with E-state index in [9.17, 15) is 0 Å². The third kappa shape index (κ3) is 5.63. The van der Waals surface area contributed by atoms with Gasteiger partial charge in [0.2, 0.25) is 0 Å². The SMILES string of the molecule is Cc1ccc2c(N(c3ccccc3)c3cc4ccccc4c4ccccc34)c3cc(C)c(C)cc3c(N(c3ccccc3)c3cc4ccccc4c4ccccc34)c2c1. The van der Waals surface area contributed by atoms with Gasteiger partial charge in [-0.3, -0.25) is 0 Å². The van der Waals surface area contributed by atoms with E-state index in [0.29, 0.717) is 0 Å². The van der Waals surface area contributed by atoms with E-state index in [0.717, 1.165) is 22.7 Å². The molecule has 0 heterocycles. The van der Waals surface area contributed by atoms with Gasteiger partial charge < -0.3 is 9.80 Å². The molecule has 0 amide bonds. The summed E-state index contributed by atoms with van der Waals surface area (Å²) >= 11 is 0. The molecule has 0 spiro atoms. The molecule has 0 atom stereocenters. The van der Waals surface area contributed by atoms with Crippen molar-refractivity contribution in [3.05, 3.63) is 217 Å². The molecule has 0 aromatic heterocycles. The van der Waals surface area contributed by atoms with Crippen LogP contribution in [0.25, 0.3) is 64.6 Å². The van der Waals surface area contributed by atoms with Crippen molar-refractivity contribution >= 4 is 98.8 Å². The van der Waals surface area contributed by atoms with E-state index >= 15 is 0 Å². The third-order valence-corrected chi connectivity index (χ3v) is 12.3. The zero-order valence-electron chi connectivity index (χ0n) is 33.4. The van der Waals surface area contributed by atoms with Crippen LogP contribution >= 0.6 is 0 Å². The van der Waals surface area contributed by atoms with Gasteiger partial charge in [0, 0.05) is 43.7 Å². The largest absolute Gasteiger partial charge is 0.309 e. The topological polar surface area (TPSA) is 6.48 Å². The van der Waals surface area contributed by atoms with E-state index in [2.05, 4.69) is 231 Å². The Balaban J connectivity index is 1.33. The maximum absolute atomic E-state index is 2.54. The van der Waals surface area contributed by atoms with E-state index in [1.54, 1.807) is 0 Å². The normalized spacial score (nSPS) is 11.6. The zero-order chi connectivity index (χ0) is 39.6. The van der Waals surface area contributed by atoms with Crippen LogP contribution in [0.3, 0.4) is 0 Å². The lowest BCUT2D eigenvalue weighted by molar-refractivity contribution is 1.30. The summed E-state index contributed by atoms with van der Waals surface area (Å²) in [5, 5.41) is 14.7. The lowest BCUT2D eigenvalue weighted by Gasteiger charge is -2.34. The van der Waals surface area contributed by atoms with Crippen molar-refractivity contribution in [2.75, 3.05) is 9.80 Å². The first-order valence-corrected chi connectivity index (χ1v) is 20.5. The van der Waals surface area contributed by atoms with Crippen molar-refractivity contribution < 1.29 is 0 Å². The Kier molecular flexibility index (Phi) is 8.20. The molecule has 2 nitrogen and oxygen atoms in total. The van der Waals surface area contributed by atoms with Gasteiger partial charge >= 0.3 is 0 Å². The molecule has 59 heavy (non-hydrogen) atoms. The first-order valence-electron chi connectivity index (χ1n) is 20.5. The third-order valence-electron chi connectivity index (χ3n) is 12.3. The van der Waals surface area contributed by atoms with Crippen molar-refractivity contribution in [2.45, 2.75) is 20.8 Å². The van der Waals surface area contributed by atoms with Gasteiger partial charge in [0.25, 0.3) is 0 Å². The zero-order valence-corrected chi connectivity index (χ0v) is 33.4.